The average Bonchev–Trinajstić information content (AvgIpc) is 2.35. The summed E-state index contributed by atoms with van der Waals surface area (Å²) in [5, 5.41) is 5.80. The molecule has 0 bridgehead atoms. The molecule has 1 aromatic carbocycles. The van der Waals surface area contributed by atoms with Crippen molar-refractivity contribution in [1.29, 1.82) is 0 Å². The average molecular weight is 301 g/mol. The molecule has 0 aromatic heterocycles. The monoisotopic (exact) mass is 300 g/mol. The van der Waals surface area contributed by atoms with Crippen molar-refractivity contribution >= 4 is 27.5 Å². The SMILES string of the molecule is O=C(Nc1cc(Br)ccc1F)C1CCCNC1. The van der Waals surface area contributed by atoms with Gasteiger partial charge in [0.25, 0.3) is 0 Å². The van der Waals surface area contributed by atoms with Gasteiger partial charge in [-0.1, -0.05) is 15.9 Å². The lowest BCUT2D eigenvalue weighted by molar-refractivity contribution is -0.120. The Hall–Kier alpha value is -0.940. The number of piperidine rings is 1. The van der Waals surface area contributed by atoms with Gasteiger partial charge in [0.2, 0.25) is 5.91 Å². The van der Waals surface area contributed by atoms with Crippen LogP contribution in [0.1, 0.15) is 12.8 Å². The van der Waals surface area contributed by atoms with Gasteiger partial charge in [0.05, 0.1) is 11.6 Å². The maximum atomic E-state index is 13.4. The van der Waals surface area contributed by atoms with Gasteiger partial charge in [0, 0.05) is 11.0 Å². The Morgan fingerprint density at radius 1 is 1.53 bits per heavy atom. The molecule has 1 unspecified atom stereocenters. The molecule has 0 saturated carbocycles. The molecule has 0 radical (unpaired) electrons. The predicted octanol–water partition coefficient (Wildman–Crippen LogP) is 2.53. The highest BCUT2D eigenvalue weighted by Gasteiger charge is 2.21. The van der Waals surface area contributed by atoms with E-state index in [-0.39, 0.29) is 17.5 Å². The van der Waals surface area contributed by atoms with Crippen molar-refractivity contribution in [3.05, 3.63) is 28.5 Å². The maximum absolute atomic E-state index is 13.4. The van der Waals surface area contributed by atoms with Crippen LogP contribution < -0.4 is 10.6 Å². The van der Waals surface area contributed by atoms with E-state index in [4.69, 9.17) is 0 Å². The summed E-state index contributed by atoms with van der Waals surface area (Å²) >= 11 is 3.25. The van der Waals surface area contributed by atoms with E-state index in [1.807, 2.05) is 0 Å². The molecule has 1 atom stereocenters. The molecule has 1 aromatic rings. The minimum absolute atomic E-state index is 0.0675. The number of hydrogen-bond donors (Lipinski definition) is 2. The summed E-state index contributed by atoms with van der Waals surface area (Å²) in [6.07, 6.45) is 1.84. The highest BCUT2D eigenvalue weighted by atomic mass is 79.9. The molecule has 1 amide bonds. The maximum Gasteiger partial charge on any atom is 0.228 e. The minimum Gasteiger partial charge on any atom is -0.323 e. The fraction of sp³-hybridized carbons (Fsp3) is 0.417. The summed E-state index contributed by atoms with van der Waals surface area (Å²) in [5.74, 6) is -0.596. The number of benzene rings is 1. The zero-order chi connectivity index (χ0) is 12.3. The summed E-state index contributed by atoms with van der Waals surface area (Å²) in [7, 11) is 0. The fourth-order valence-corrected chi connectivity index (χ4v) is 2.26. The van der Waals surface area contributed by atoms with E-state index >= 15 is 0 Å². The Morgan fingerprint density at radius 2 is 2.35 bits per heavy atom. The van der Waals surface area contributed by atoms with E-state index in [2.05, 4.69) is 26.6 Å². The molecule has 1 aliphatic heterocycles. The molecule has 1 saturated heterocycles. The molecule has 0 spiro atoms. The molecule has 2 N–H and O–H groups in total. The highest BCUT2D eigenvalue weighted by molar-refractivity contribution is 9.10. The molecule has 3 nitrogen and oxygen atoms in total. The van der Waals surface area contributed by atoms with Crippen molar-refractivity contribution in [2.75, 3.05) is 18.4 Å². The molecule has 1 fully saturated rings. The molecule has 17 heavy (non-hydrogen) atoms. The number of nitrogens with one attached hydrogen (secondary N) is 2. The lowest BCUT2D eigenvalue weighted by atomic mass is 9.99. The molecule has 0 aliphatic carbocycles. The molecule has 2 rings (SSSR count). The minimum atomic E-state index is -0.412. The first-order valence-electron chi connectivity index (χ1n) is 5.63. The number of hydrogen-bond acceptors (Lipinski definition) is 2. The summed E-state index contributed by atoms with van der Waals surface area (Å²) < 4.78 is 14.2. The van der Waals surface area contributed by atoms with Crippen LogP contribution in [0, 0.1) is 11.7 Å². The number of carbonyl (C=O) groups is 1. The number of carbonyl (C=O) groups excluding carboxylic acids is 1. The predicted molar refractivity (Wildman–Crippen MR) is 68.3 cm³/mol. The first kappa shape index (κ1) is 12.5. The molecule has 1 aliphatic rings. The van der Waals surface area contributed by atoms with Crippen molar-refractivity contribution in [2.24, 2.45) is 5.92 Å². The molecular formula is C12H14BrFN2O. The highest BCUT2D eigenvalue weighted by Crippen LogP contribution is 2.21. The normalized spacial score (nSPS) is 20.0. The van der Waals surface area contributed by atoms with E-state index in [1.165, 1.54) is 6.07 Å². The first-order valence-corrected chi connectivity index (χ1v) is 6.43. The van der Waals surface area contributed by atoms with Crippen LogP contribution in [-0.2, 0) is 4.79 Å². The standard InChI is InChI=1S/C12H14BrFN2O/c13-9-3-4-10(14)11(6-9)16-12(17)8-2-1-5-15-7-8/h3-4,6,8,15H,1-2,5,7H2,(H,16,17). The largest absolute Gasteiger partial charge is 0.323 e. The quantitative estimate of drug-likeness (QED) is 0.881. The molecule has 5 heteroatoms. The zero-order valence-corrected chi connectivity index (χ0v) is 10.9. The third-order valence-electron chi connectivity index (χ3n) is 2.85. The molecule has 92 valence electrons. The first-order chi connectivity index (χ1) is 8.16. The Balaban J connectivity index is 2.04. The Labute approximate surface area is 108 Å². The van der Waals surface area contributed by atoms with Crippen molar-refractivity contribution in [2.45, 2.75) is 12.8 Å². The van der Waals surface area contributed by atoms with Crippen LogP contribution in [0.3, 0.4) is 0 Å². The number of amides is 1. The third-order valence-corrected chi connectivity index (χ3v) is 3.35. The second-order valence-electron chi connectivity index (χ2n) is 4.16. The van der Waals surface area contributed by atoms with Gasteiger partial charge in [-0.05, 0) is 37.6 Å². The fourth-order valence-electron chi connectivity index (χ4n) is 1.90. The summed E-state index contributed by atoms with van der Waals surface area (Å²) in [6.45, 7) is 1.62. The lowest BCUT2D eigenvalue weighted by Crippen LogP contribution is -2.37. The van der Waals surface area contributed by atoms with Crippen LogP contribution in [0.2, 0.25) is 0 Å². The Kier molecular flexibility index (Phi) is 4.12. The van der Waals surface area contributed by atoms with E-state index in [0.717, 1.165) is 23.9 Å². The lowest BCUT2D eigenvalue weighted by Gasteiger charge is -2.22. The Bertz CT molecular complexity index is 419. The van der Waals surface area contributed by atoms with Crippen LogP contribution in [0.4, 0.5) is 10.1 Å². The van der Waals surface area contributed by atoms with Gasteiger partial charge in [0.15, 0.2) is 0 Å². The van der Waals surface area contributed by atoms with Crippen LogP contribution in [-0.4, -0.2) is 19.0 Å². The summed E-state index contributed by atoms with van der Waals surface area (Å²) in [5.41, 5.74) is 0.231. The topological polar surface area (TPSA) is 41.1 Å². The van der Waals surface area contributed by atoms with Crippen molar-refractivity contribution in [1.82, 2.24) is 5.32 Å². The van der Waals surface area contributed by atoms with E-state index < -0.39 is 5.82 Å². The van der Waals surface area contributed by atoms with Gasteiger partial charge in [-0.3, -0.25) is 4.79 Å². The second kappa shape index (κ2) is 5.60. The number of rotatable bonds is 2. The van der Waals surface area contributed by atoms with Gasteiger partial charge in [-0.15, -0.1) is 0 Å². The molecular weight excluding hydrogens is 287 g/mol. The summed E-state index contributed by atoms with van der Waals surface area (Å²) in [6, 6.07) is 4.51. The van der Waals surface area contributed by atoms with E-state index in [1.54, 1.807) is 12.1 Å². The van der Waals surface area contributed by atoms with Crippen molar-refractivity contribution in [3.63, 3.8) is 0 Å². The van der Waals surface area contributed by atoms with Gasteiger partial charge in [-0.2, -0.15) is 0 Å². The number of halogens is 2. The number of anilines is 1. The van der Waals surface area contributed by atoms with Crippen LogP contribution in [0.25, 0.3) is 0 Å². The van der Waals surface area contributed by atoms with Crippen molar-refractivity contribution < 1.29 is 9.18 Å². The zero-order valence-electron chi connectivity index (χ0n) is 9.30. The second-order valence-corrected chi connectivity index (χ2v) is 5.07. The smallest absolute Gasteiger partial charge is 0.228 e. The van der Waals surface area contributed by atoms with Gasteiger partial charge < -0.3 is 10.6 Å². The molecule has 1 heterocycles. The van der Waals surface area contributed by atoms with Crippen LogP contribution in [0.15, 0.2) is 22.7 Å². The van der Waals surface area contributed by atoms with Gasteiger partial charge in [-0.25, -0.2) is 4.39 Å². The summed E-state index contributed by atoms with van der Waals surface area (Å²) in [4.78, 5) is 11.9. The van der Waals surface area contributed by atoms with Gasteiger partial charge in [0.1, 0.15) is 5.82 Å². The van der Waals surface area contributed by atoms with Crippen LogP contribution >= 0.6 is 15.9 Å². The van der Waals surface area contributed by atoms with Gasteiger partial charge >= 0.3 is 0 Å². The van der Waals surface area contributed by atoms with Crippen LogP contribution in [0.5, 0.6) is 0 Å². The van der Waals surface area contributed by atoms with Crippen molar-refractivity contribution in [3.8, 4) is 0 Å². The Morgan fingerprint density at radius 3 is 3.06 bits per heavy atom. The van der Waals surface area contributed by atoms with E-state index in [9.17, 15) is 9.18 Å². The van der Waals surface area contributed by atoms with E-state index in [0.29, 0.717) is 6.54 Å². The third kappa shape index (κ3) is 3.26.